The van der Waals surface area contributed by atoms with Gasteiger partial charge >= 0.3 is 0 Å². The fourth-order valence-electron chi connectivity index (χ4n) is 3.69. The van der Waals surface area contributed by atoms with Gasteiger partial charge in [-0.1, -0.05) is 25.8 Å². The van der Waals surface area contributed by atoms with Crippen molar-refractivity contribution in [2.75, 3.05) is 5.75 Å². The van der Waals surface area contributed by atoms with E-state index in [9.17, 15) is 9.59 Å². The summed E-state index contributed by atoms with van der Waals surface area (Å²) in [5.41, 5.74) is 0.842. The largest absolute Gasteiger partial charge is 0.352 e. The Morgan fingerprint density at radius 1 is 1.36 bits per heavy atom. The summed E-state index contributed by atoms with van der Waals surface area (Å²) in [6.07, 6.45) is 4.73. The lowest BCUT2D eigenvalue weighted by Crippen LogP contribution is -2.41. The van der Waals surface area contributed by atoms with Crippen molar-refractivity contribution >= 4 is 50.6 Å². The first-order valence-corrected chi connectivity index (χ1v) is 12.4. The third-order valence-electron chi connectivity index (χ3n) is 5.21. The minimum atomic E-state index is -0.106. The van der Waals surface area contributed by atoms with E-state index in [1.165, 1.54) is 42.4 Å². The fraction of sp³-hybridized carbons (Fsp3) is 0.450. The lowest BCUT2D eigenvalue weighted by atomic mass is 9.86. The molecule has 1 aliphatic rings. The lowest BCUT2D eigenvalue weighted by Gasteiger charge is -2.29. The first-order valence-electron chi connectivity index (χ1n) is 9.53. The summed E-state index contributed by atoms with van der Waals surface area (Å²) in [6, 6.07) is 4.30. The van der Waals surface area contributed by atoms with Crippen molar-refractivity contribution < 1.29 is 4.79 Å². The van der Waals surface area contributed by atoms with Crippen LogP contribution in [0.5, 0.6) is 0 Å². The molecule has 0 unspecified atom stereocenters. The number of nitrogens with one attached hydrogen (secondary N) is 2. The summed E-state index contributed by atoms with van der Waals surface area (Å²) >= 11 is 4.60. The Bertz CT molecular complexity index is 1010. The first kappa shape index (κ1) is 19.7. The third-order valence-corrected chi connectivity index (χ3v) is 7.93. The summed E-state index contributed by atoms with van der Waals surface area (Å²) < 4.78 is 0. The van der Waals surface area contributed by atoms with E-state index in [0.717, 1.165) is 21.7 Å². The molecular weight excluding hydrogens is 410 g/mol. The van der Waals surface area contributed by atoms with Crippen molar-refractivity contribution in [2.45, 2.75) is 44.4 Å². The second kappa shape index (κ2) is 8.80. The molecule has 1 fully saturated rings. The Morgan fingerprint density at radius 3 is 3.00 bits per heavy atom. The zero-order valence-electron chi connectivity index (χ0n) is 15.7. The van der Waals surface area contributed by atoms with Crippen LogP contribution in [-0.2, 0) is 10.5 Å². The van der Waals surface area contributed by atoms with Gasteiger partial charge in [-0.05, 0) is 30.2 Å². The quantitative estimate of drug-likeness (QED) is 0.594. The molecule has 0 bridgehead atoms. The van der Waals surface area contributed by atoms with Gasteiger partial charge in [0.25, 0.3) is 5.56 Å². The molecule has 0 aromatic carbocycles. The number of carbonyl (C=O) groups is 1. The van der Waals surface area contributed by atoms with E-state index in [2.05, 4.69) is 22.2 Å². The highest BCUT2D eigenvalue weighted by atomic mass is 32.2. The van der Waals surface area contributed by atoms with E-state index < -0.39 is 0 Å². The van der Waals surface area contributed by atoms with Crippen LogP contribution in [0.4, 0.5) is 0 Å². The molecule has 148 valence electrons. The summed E-state index contributed by atoms with van der Waals surface area (Å²) in [5.74, 6) is 2.16. The number of rotatable bonds is 6. The van der Waals surface area contributed by atoms with Crippen molar-refractivity contribution in [1.29, 1.82) is 0 Å². The highest BCUT2D eigenvalue weighted by Crippen LogP contribution is 2.33. The maximum atomic E-state index is 12.6. The van der Waals surface area contributed by atoms with Gasteiger partial charge in [0, 0.05) is 21.9 Å². The normalized spacial score (nSPS) is 19.8. The zero-order valence-corrected chi connectivity index (χ0v) is 18.1. The van der Waals surface area contributed by atoms with Crippen LogP contribution in [0, 0.1) is 5.92 Å². The van der Waals surface area contributed by atoms with Crippen LogP contribution in [0.25, 0.3) is 20.7 Å². The van der Waals surface area contributed by atoms with Gasteiger partial charge in [-0.3, -0.25) is 9.59 Å². The van der Waals surface area contributed by atoms with E-state index in [1.54, 1.807) is 11.3 Å². The molecule has 2 N–H and O–H groups in total. The van der Waals surface area contributed by atoms with Gasteiger partial charge in [0.15, 0.2) is 0 Å². The van der Waals surface area contributed by atoms with Crippen molar-refractivity contribution in [3.8, 4) is 10.4 Å². The van der Waals surface area contributed by atoms with Crippen molar-refractivity contribution in [3.05, 3.63) is 39.1 Å². The SMILES string of the molecule is C[C@H]1CCCC[C@H]1NC(=O)CSCc1nc2scc(-c3cccs3)c2c(=O)[nH]1. The number of nitrogens with zero attached hydrogens (tertiary/aromatic N) is 1. The minimum absolute atomic E-state index is 0.0725. The van der Waals surface area contributed by atoms with Crippen LogP contribution >= 0.6 is 34.4 Å². The Balaban J connectivity index is 1.37. The molecule has 0 radical (unpaired) electrons. The number of fused-ring (bicyclic) bond motifs is 1. The Labute approximate surface area is 176 Å². The highest BCUT2D eigenvalue weighted by molar-refractivity contribution is 7.99. The van der Waals surface area contributed by atoms with E-state index in [0.29, 0.717) is 34.7 Å². The molecule has 3 aromatic rings. The standard InChI is InChI=1S/C20H23N3O2S3/c1-12-5-2-3-6-14(12)21-17(24)11-26-10-16-22-19(25)18-13(9-28-20(18)23-16)15-7-4-8-27-15/h4,7-9,12,14H,2-3,5-6,10-11H2,1H3,(H,21,24)(H,22,23,25)/t12-,14+/m0/s1. The van der Waals surface area contributed by atoms with E-state index in [4.69, 9.17) is 0 Å². The molecule has 3 heterocycles. The molecule has 28 heavy (non-hydrogen) atoms. The molecule has 0 spiro atoms. The van der Waals surface area contributed by atoms with E-state index in [-0.39, 0.29) is 11.5 Å². The Morgan fingerprint density at radius 2 is 2.21 bits per heavy atom. The predicted molar refractivity (Wildman–Crippen MR) is 119 cm³/mol. The fourth-order valence-corrected chi connectivity index (χ4v) is 6.18. The summed E-state index contributed by atoms with van der Waals surface area (Å²) in [4.78, 5) is 34.2. The van der Waals surface area contributed by atoms with Crippen LogP contribution in [0.15, 0.2) is 27.7 Å². The summed E-state index contributed by atoms with van der Waals surface area (Å²) in [7, 11) is 0. The molecular formula is C20H23N3O2S3. The second-order valence-corrected chi connectivity index (χ2v) is 10.0. The predicted octanol–water partition coefficient (Wildman–Crippen LogP) is 4.64. The number of amides is 1. The van der Waals surface area contributed by atoms with Crippen LogP contribution in [0.1, 0.15) is 38.4 Å². The van der Waals surface area contributed by atoms with Crippen molar-refractivity contribution in [1.82, 2.24) is 15.3 Å². The molecule has 0 saturated heterocycles. The Kier molecular flexibility index (Phi) is 6.18. The average molecular weight is 434 g/mol. The number of hydrogen-bond acceptors (Lipinski definition) is 6. The van der Waals surface area contributed by atoms with Crippen LogP contribution in [0.2, 0.25) is 0 Å². The molecule has 1 amide bonds. The smallest absolute Gasteiger partial charge is 0.260 e. The van der Waals surface area contributed by atoms with Crippen LogP contribution < -0.4 is 10.9 Å². The number of H-pyrrole nitrogens is 1. The van der Waals surface area contributed by atoms with Gasteiger partial charge in [0.2, 0.25) is 5.91 Å². The minimum Gasteiger partial charge on any atom is -0.352 e. The molecule has 1 saturated carbocycles. The molecule has 0 aliphatic heterocycles. The highest BCUT2D eigenvalue weighted by Gasteiger charge is 2.22. The molecule has 1 aliphatic carbocycles. The van der Waals surface area contributed by atoms with E-state index in [1.807, 2.05) is 22.9 Å². The van der Waals surface area contributed by atoms with Crippen LogP contribution in [-0.4, -0.2) is 27.7 Å². The number of aromatic nitrogens is 2. The van der Waals surface area contributed by atoms with Crippen molar-refractivity contribution in [2.24, 2.45) is 5.92 Å². The maximum Gasteiger partial charge on any atom is 0.260 e. The monoisotopic (exact) mass is 433 g/mol. The zero-order chi connectivity index (χ0) is 19.5. The van der Waals surface area contributed by atoms with Gasteiger partial charge in [-0.2, -0.15) is 0 Å². The summed E-state index contributed by atoms with van der Waals surface area (Å²) in [6.45, 7) is 2.21. The maximum absolute atomic E-state index is 12.6. The lowest BCUT2D eigenvalue weighted by molar-refractivity contribution is -0.119. The number of thioether (sulfide) groups is 1. The van der Waals surface area contributed by atoms with Crippen molar-refractivity contribution in [3.63, 3.8) is 0 Å². The number of aromatic amines is 1. The molecule has 8 heteroatoms. The van der Waals surface area contributed by atoms with Gasteiger partial charge < -0.3 is 10.3 Å². The number of carbonyl (C=O) groups excluding carboxylic acids is 1. The molecule has 2 atom stereocenters. The summed E-state index contributed by atoms with van der Waals surface area (Å²) in [5, 5.41) is 7.82. The molecule has 5 nitrogen and oxygen atoms in total. The first-order chi connectivity index (χ1) is 13.6. The average Bonchev–Trinajstić information content (AvgIpc) is 3.33. The Hall–Kier alpha value is -1.64. The topological polar surface area (TPSA) is 74.8 Å². The van der Waals surface area contributed by atoms with Crippen LogP contribution in [0.3, 0.4) is 0 Å². The third kappa shape index (κ3) is 4.34. The number of hydrogen-bond donors (Lipinski definition) is 2. The van der Waals surface area contributed by atoms with Gasteiger partial charge in [0.1, 0.15) is 10.7 Å². The molecule has 3 aromatic heterocycles. The van der Waals surface area contributed by atoms with Gasteiger partial charge in [-0.15, -0.1) is 34.4 Å². The van der Waals surface area contributed by atoms with Gasteiger partial charge in [0.05, 0.1) is 16.9 Å². The number of thiophene rings is 2. The molecule has 4 rings (SSSR count). The second-order valence-electron chi connectivity index (χ2n) is 7.25. The van der Waals surface area contributed by atoms with Gasteiger partial charge in [-0.25, -0.2) is 4.98 Å². The van der Waals surface area contributed by atoms with E-state index >= 15 is 0 Å².